The normalized spacial score (nSPS) is 23.4. The van der Waals surface area contributed by atoms with Crippen LogP contribution in [0.5, 0.6) is 0 Å². The molecule has 1 saturated heterocycles. The van der Waals surface area contributed by atoms with Gasteiger partial charge >= 0.3 is 0 Å². The largest absolute Gasteiger partial charge is 0.373 e. The summed E-state index contributed by atoms with van der Waals surface area (Å²) < 4.78 is 18.7. The van der Waals surface area contributed by atoms with Crippen molar-refractivity contribution in [2.24, 2.45) is 0 Å². The second-order valence-electron chi connectivity index (χ2n) is 5.60. The van der Waals surface area contributed by atoms with E-state index >= 15 is 0 Å². The van der Waals surface area contributed by atoms with E-state index in [1.54, 1.807) is 23.5 Å². The Morgan fingerprint density at radius 3 is 2.57 bits per heavy atom. The van der Waals surface area contributed by atoms with Gasteiger partial charge in [-0.05, 0) is 38.1 Å². The fourth-order valence-electron chi connectivity index (χ4n) is 2.75. The molecule has 0 spiro atoms. The molecule has 0 radical (unpaired) electrons. The molecule has 112 valence electrons. The molecule has 0 N–H and O–H groups in total. The summed E-state index contributed by atoms with van der Waals surface area (Å²) in [5.41, 5.74) is 2.04. The molecular weight excluding hydrogens is 287 g/mol. The molecule has 2 heterocycles. The summed E-state index contributed by atoms with van der Waals surface area (Å²) in [5, 5.41) is 3.03. The number of nitrogens with zero attached hydrogens (tertiary/aromatic N) is 2. The monoisotopic (exact) mass is 306 g/mol. The van der Waals surface area contributed by atoms with Crippen LogP contribution < -0.4 is 0 Å². The van der Waals surface area contributed by atoms with Crippen LogP contribution in [0.4, 0.5) is 4.39 Å². The molecule has 0 amide bonds. The lowest BCUT2D eigenvalue weighted by Crippen LogP contribution is -2.44. The SMILES string of the molecule is CC1CN(Cc2csc(-c3ccc(F)cc3)n2)CC(C)O1. The van der Waals surface area contributed by atoms with Crippen LogP contribution in [0.2, 0.25) is 0 Å². The van der Waals surface area contributed by atoms with Crippen molar-refractivity contribution < 1.29 is 9.13 Å². The van der Waals surface area contributed by atoms with Gasteiger partial charge in [-0.1, -0.05) is 0 Å². The number of thiazole rings is 1. The molecule has 2 unspecified atom stereocenters. The Morgan fingerprint density at radius 2 is 1.90 bits per heavy atom. The second kappa shape index (κ2) is 6.22. The van der Waals surface area contributed by atoms with Gasteiger partial charge in [0.25, 0.3) is 0 Å². The van der Waals surface area contributed by atoms with E-state index in [9.17, 15) is 4.39 Å². The number of benzene rings is 1. The van der Waals surface area contributed by atoms with Crippen LogP contribution in [0, 0.1) is 5.82 Å². The molecule has 0 bridgehead atoms. The predicted octanol–water partition coefficient (Wildman–Crippen LogP) is 3.56. The van der Waals surface area contributed by atoms with Crippen molar-refractivity contribution in [2.75, 3.05) is 13.1 Å². The molecule has 21 heavy (non-hydrogen) atoms. The van der Waals surface area contributed by atoms with Crippen LogP contribution in [0.15, 0.2) is 29.6 Å². The van der Waals surface area contributed by atoms with Gasteiger partial charge in [0.05, 0.1) is 17.9 Å². The quantitative estimate of drug-likeness (QED) is 0.867. The van der Waals surface area contributed by atoms with E-state index in [-0.39, 0.29) is 18.0 Å². The summed E-state index contributed by atoms with van der Waals surface area (Å²) in [7, 11) is 0. The summed E-state index contributed by atoms with van der Waals surface area (Å²) in [6.45, 7) is 6.93. The fraction of sp³-hybridized carbons (Fsp3) is 0.438. The minimum Gasteiger partial charge on any atom is -0.373 e. The van der Waals surface area contributed by atoms with Gasteiger partial charge in [0, 0.05) is 30.6 Å². The third kappa shape index (κ3) is 3.67. The minimum atomic E-state index is -0.216. The Labute approximate surface area is 128 Å². The standard InChI is InChI=1S/C16H19FN2OS/c1-11-7-19(8-12(2)20-11)9-15-10-21-16(18-15)13-3-5-14(17)6-4-13/h3-6,10-12H,7-9H2,1-2H3. The molecule has 0 saturated carbocycles. The van der Waals surface area contributed by atoms with Crippen molar-refractivity contribution in [3.05, 3.63) is 41.2 Å². The first-order valence-corrected chi connectivity index (χ1v) is 8.06. The molecule has 0 aliphatic carbocycles. The first-order valence-electron chi connectivity index (χ1n) is 7.18. The third-order valence-corrected chi connectivity index (χ3v) is 4.46. The van der Waals surface area contributed by atoms with Crippen LogP contribution in [0.1, 0.15) is 19.5 Å². The van der Waals surface area contributed by atoms with Crippen LogP contribution in [0.3, 0.4) is 0 Å². The molecule has 5 heteroatoms. The minimum absolute atomic E-state index is 0.216. The highest BCUT2D eigenvalue weighted by atomic mass is 32.1. The molecule has 3 rings (SSSR count). The zero-order valence-electron chi connectivity index (χ0n) is 12.3. The maximum Gasteiger partial charge on any atom is 0.123 e. The van der Waals surface area contributed by atoms with Crippen LogP contribution in [-0.4, -0.2) is 35.2 Å². The van der Waals surface area contributed by atoms with E-state index < -0.39 is 0 Å². The number of hydrogen-bond donors (Lipinski definition) is 0. The predicted molar refractivity (Wildman–Crippen MR) is 82.8 cm³/mol. The first kappa shape index (κ1) is 14.6. The number of halogens is 1. The molecule has 2 aromatic rings. The average molecular weight is 306 g/mol. The summed E-state index contributed by atoms with van der Waals surface area (Å²) in [4.78, 5) is 7.05. The zero-order valence-corrected chi connectivity index (χ0v) is 13.1. The lowest BCUT2D eigenvalue weighted by molar-refractivity contribution is -0.0707. The van der Waals surface area contributed by atoms with E-state index in [0.29, 0.717) is 0 Å². The topological polar surface area (TPSA) is 25.4 Å². The highest BCUT2D eigenvalue weighted by Gasteiger charge is 2.22. The summed E-state index contributed by atoms with van der Waals surface area (Å²) in [6.07, 6.45) is 0.535. The molecule has 1 aromatic carbocycles. The van der Waals surface area contributed by atoms with Crippen molar-refractivity contribution in [3.8, 4) is 10.6 Å². The molecule has 1 aliphatic rings. The number of ether oxygens (including phenoxy) is 1. The van der Waals surface area contributed by atoms with Gasteiger partial charge in [-0.3, -0.25) is 4.90 Å². The summed E-state index contributed by atoms with van der Waals surface area (Å²) >= 11 is 1.61. The van der Waals surface area contributed by atoms with E-state index in [0.717, 1.165) is 35.9 Å². The van der Waals surface area contributed by atoms with Gasteiger partial charge in [0.2, 0.25) is 0 Å². The van der Waals surface area contributed by atoms with Gasteiger partial charge in [0.15, 0.2) is 0 Å². The number of aromatic nitrogens is 1. The van der Waals surface area contributed by atoms with Crippen molar-refractivity contribution in [3.63, 3.8) is 0 Å². The lowest BCUT2D eigenvalue weighted by atomic mass is 10.2. The number of rotatable bonds is 3. The Hall–Kier alpha value is -1.30. The van der Waals surface area contributed by atoms with E-state index in [1.807, 2.05) is 0 Å². The second-order valence-corrected chi connectivity index (χ2v) is 6.46. The Bertz CT molecular complexity index is 589. The van der Waals surface area contributed by atoms with Gasteiger partial charge in [-0.2, -0.15) is 0 Å². The number of morpholine rings is 1. The maximum atomic E-state index is 13.0. The highest BCUT2D eigenvalue weighted by molar-refractivity contribution is 7.13. The van der Waals surface area contributed by atoms with Crippen molar-refractivity contribution in [2.45, 2.75) is 32.6 Å². The average Bonchev–Trinajstić information content (AvgIpc) is 2.87. The van der Waals surface area contributed by atoms with E-state index in [4.69, 9.17) is 4.74 Å². The van der Waals surface area contributed by atoms with Crippen LogP contribution in [0.25, 0.3) is 10.6 Å². The van der Waals surface area contributed by atoms with Gasteiger partial charge in [-0.15, -0.1) is 11.3 Å². The Morgan fingerprint density at radius 1 is 1.24 bits per heavy atom. The van der Waals surface area contributed by atoms with E-state index in [1.165, 1.54) is 12.1 Å². The molecule has 1 aromatic heterocycles. The summed E-state index contributed by atoms with van der Waals surface area (Å²) in [6, 6.07) is 6.50. The zero-order chi connectivity index (χ0) is 14.8. The maximum absolute atomic E-state index is 13.0. The van der Waals surface area contributed by atoms with Gasteiger partial charge < -0.3 is 4.74 Å². The van der Waals surface area contributed by atoms with Gasteiger partial charge in [0.1, 0.15) is 10.8 Å². The lowest BCUT2D eigenvalue weighted by Gasteiger charge is -2.34. The van der Waals surface area contributed by atoms with Crippen LogP contribution in [-0.2, 0) is 11.3 Å². The Balaban J connectivity index is 1.69. The van der Waals surface area contributed by atoms with Gasteiger partial charge in [-0.25, -0.2) is 9.37 Å². The highest BCUT2D eigenvalue weighted by Crippen LogP contribution is 2.25. The van der Waals surface area contributed by atoms with Crippen LogP contribution >= 0.6 is 11.3 Å². The molecule has 1 aliphatic heterocycles. The summed E-state index contributed by atoms with van der Waals surface area (Å²) in [5.74, 6) is -0.216. The first-order chi connectivity index (χ1) is 10.1. The van der Waals surface area contributed by atoms with Crippen molar-refractivity contribution in [1.82, 2.24) is 9.88 Å². The molecule has 2 atom stereocenters. The smallest absolute Gasteiger partial charge is 0.123 e. The van der Waals surface area contributed by atoms with Crippen molar-refractivity contribution in [1.29, 1.82) is 0 Å². The molecule has 1 fully saturated rings. The molecule has 3 nitrogen and oxygen atoms in total. The van der Waals surface area contributed by atoms with Crippen molar-refractivity contribution >= 4 is 11.3 Å². The molecular formula is C16H19FN2OS. The number of hydrogen-bond acceptors (Lipinski definition) is 4. The Kier molecular flexibility index (Phi) is 4.33. The third-order valence-electron chi connectivity index (χ3n) is 3.52. The van der Waals surface area contributed by atoms with E-state index in [2.05, 4.69) is 29.1 Å². The fourth-order valence-corrected chi connectivity index (χ4v) is 3.56.